The first-order valence-corrected chi connectivity index (χ1v) is 8.00. The van der Waals surface area contributed by atoms with Crippen LogP contribution < -0.4 is 0 Å². The molecule has 1 heterocycles. The van der Waals surface area contributed by atoms with Crippen LogP contribution in [0, 0.1) is 11.3 Å². The minimum atomic E-state index is -0.574. The Morgan fingerprint density at radius 3 is 2.65 bits per heavy atom. The lowest BCUT2D eigenvalue weighted by molar-refractivity contribution is -0.0899. The summed E-state index contributed by atoms with van der Waals surface area (Å²) < 4.78 is 1.95. The Hall–Kier alpha value is -0.830. The third-order valence-corrected chi connectivity index (χ3v) is 4.92. The number of rotatable bonds is 3. The number of aliphatic hydroxyl groups is 1. The maximum Gasteiger partial charge on any atom is 0.0735 e. The lowest BCUT2D eigenvalue weighted by atomic mass is 9.62. The van der Waals surface area contributed by atoms with E-state index >= 15 is 0 Å². The van der Waals surface area contributed by atoms with Crippen LogP contribution in [-0.4, -0.2) is 20.5 Å². The average Bonchev–Trinajstić information content (AvgIpc) is 2.68. The second-order valence-electron chi connectivity index (χ2n) is 7.55. The number of nitrogens with zero attached hydrogens (tertiary/aromatic N) is 2. The monoisotopic (exact) mass is 278 g/mol. The van der Waals surface area contributed by atoms with Gasteiger partial charge in [0.2, 0.25) is 0 Å². The maximum atomic E-state index is 11.3. The van der Waals surface area contributed by atoms with Gasteiger partial charge in [0.05, 0.1) is 11.3 Å². The topological polar surface area (TPSA) is 38.0 Å². The standard InChI is InChI=1S/C17H30N2O/c1-6-13-11-14(19(5)18-13)12-17(20)10-8-7-9-15(17)16(2,3)4/h11,15,20H,6-10,12H2,1-5H3. The SMILES string of the molecule is CCc1cc(CC2(O)CCCCC2C(C)(C)C)n(C)n1. The highest BCUT2D eigenvalue weighted by Gasteiger charge is 2.45. The van der Waals surface area contributed by atoms with Gasteiger partial charge in [-0.2, -0.15) is 5.10 Å². The van der Waals surface area contributed by atoms with Crippen molar-refractivity contribution in [2.75, 3.05) is 0 Å². The first kappa shape index (κ1) is 15.6. The van der Waals surface area contributed by atoms with E-state index in [4.69, 9.17) is 0 Å². The zero-order chi connectivity index (χ0) is 15.0. The van der Waals surface area contributed by atoms with Crippen molar-refractivity contribution in [3.05, 3.63) is 17.5 Å². The molecule has 0 aliphatic heterocycles. The van der Waals surface area contributed by atoms with Gasteiger partial charge in [-0.1, -0.05) is 40.5 Å². The molecular weight excluding hydrogens is 248 g/mol. The summed E-state index contributed by atoms with van der Waals surface area (Å²) in [5.74, 6) is 0.365. The van der Waals surface area contributed by atoms with Crippen LogP contribution >= 0.6 is 0 Å². The summed E-state index contributed by atoms with van der Waals surface area (Å²) in [6.07, 6.45) is 6.13. The quantitative estimate of drug-likeness (QED) is 0.919. The van der Waals surface area contributed by atoms with Gasteiger partial charge in [0.15, 0.2) is 0 Å². The van der Waals surface area contributed by atoms with Gasteiger partial charge in [-0.05, 0) is 36.7 Å². The van der Waals surface area contributed by atoms with E-state index in [-0.39, 0.29) is 5.41 Å². The molecule has 1 aliphatic rings. The number of hydrogen-bond acceptors (Lipinski definition) is 2. The molecule has 2 rings (SSSR count). The molecule has 3 nitrogen and oxygen atoms in total. The third kappa shape index (κ3) is 3.08. The van der Waals surface area contributed by atoms with E-state index in [2.05, 4.69) is 38.9 Å². The van der Waals surface area contributed by atoms with Gasteiger partial charge in [0.1, 0.15) is 0 Å². The van der Waals surface area contributed by atoms with Gasteiger partial charge < -0.3 is 5.11 Å². The van der Waals surface area contributed by atoms with Crippen LogP contribution in [0.25, 0.3) is 0 Å². The largest absolute Gasteiger partial charge is 0.389 e. The fourth-order valence-electron chi connectivity index (χ4n) is 3.90. The Kier molecular flexibility index (Phi) is 4.29. The first-order valence-electron chi connectivity index (χ1n) is 8.00. The molecule has 1 aromatic rings. The van der Waals surface area contributed by atoms with E-state index in [1.165, 1.54) is 12.1 Å². The number of aryl methyl sites for hydroxylation is 2. The normalized spacial score (nSPS) is 27.8. The summed E-state index contributed by atoms with van der Waals surface area (Å²) in [6.45, 7) is 8.90. The van der Waals surface area contributed by atoms with Crippen LogP contribution in [-0.2, 0) is 19.9 Å². The number of aromatic nitrogens is 2. The second kappa shape index (κ2) is 5.51. The van der Waals surface area contributed by atoms with Crippen molar-refractivity contribution in [1.29, 1.82) is 0 Å². The van der Waals surface area contributed by atoms with E-state index in [1.807, 2.05) is 11.7 Å². The van der Waals surface area contributed by atoms with Crippen LogP contribution in [0.1, 0.15) is 64.8 Å². The number of hydrogen-bond donors (Lipinski definition) is 1. The Labute approximate surface area is 123 Å². The molecule has 3 heteroatoms. The molecule has 0 aromatic carbocycles. The zero-order valence-corrected chi connectivity index (χ0v) is 13.7. The van der Waals surface area contributed by atoms with E-state index in [9.17, 15) is 5.11 Å². The molecule has 1 aromatic heterocycles. The minimum Gasteiger partial charge on any atom is -0.389 e. The first-order chi connectivity index (χ1) is 9.26. The predicted molar refractivity (Wildman–Crippen MR) is 82.7 cm³/mol. The van der Waals surface area contributed by atoms with Crippen LogP contribution in [0.2, 0.25) is 0 Å². The van der Waals surface area contributed by atoms with Gasteiger partial charge in [0.25, 0.3) is 0 Å². The van der Waals surface area contributed by atoms with Gasteiger partial charge in [-0.25, -0.2) is 0 Å². The average molecular weight is 278 g/mol. The summed E-state index contributed by atoms with van der Waals surface area (Å²) in [5.41, 5.74) is 1.87. The smallest absolute Gasteiger partial charge is 0.0735 e. The highest BCUT2D eigenvalue weighted by molar-refractivity contribution is 5.14. The molecule has 20 heavy (non-hydrogen) atoms. The molecule has 2 atom stereocenters. The Balaban J connectivity index is 2.25. The predicted octanol–water partition coefficient (Wildman–Crippen LogP) is 3.49. The lowest BCUT2D eigenvalue weighted by Gasteiger charge is -2.47. The van der Waals surface area contributed by atoms with Crippen LogP contribution in [0.15, 0.2) is 6.07 Å². The molecular formula is C17H30N2O. The van der Waals surface area contributed by atoms with Crippen molar-refractivity contribution in [2.24, 2.45) is 18.4 Å². The second-order valence-corrected chi connectivity index (χ2v) is 7.55. The highest BCUT2D eigenvalue weighted by atomic mass is 16.3. The summed E-state index contributed by atoms with van der Waals surface area (Å²) >= 11 is 0. The van der Waals surface area contributed by atoms with Gasteiger partial charge in [-0.3, -0.25) is 4.68 Å². The van der Waals surface area contributed by atoms with Crippen molar-refractivity contribution in [1.82, 2.24) is 9.78 Å². The highest BCUT2D eigenvalue weighted by Crippen LogP contribution is 2.45. The Morgan fingerprint density at radius 1 is 1.40 bits per heavy atom. The van der Waals surface area contributed by atoms with Crippen molar-refractivity contribution < 1.29 is 5.11 Å². The molecule has 1 fully saturated rings. The molecule has 0 radical (unpaired) electrons. The van der Waals surface area contributed by atoms with Gasteiger partial charge in [-0.15, -0.1) is 0 Å². The summed E-state index contributed by atoms with van der Waals surface area (Å²) in [7, 11) is 1.99. The van der Waals surface area contributed by atoms with Crippen molar-refractivity contribution in [3.63, 3.8) is 0 Å². The summed E-state index contributed by atoms with van der Waals surface area (Å²) in [5, 5.41) is 15.8. The molecule has 0 amide bonds. The maximum absolute atomic E-state index is 11.3. The summed E-state index contributed by atoms with van der Waals surface area (Å²) in [6, 6.07) is 2.16. The lowest BCUT2D eigenvalue weighted by Crippen LogP contribution is -2.48. The minimum absolute atomic E-state index is 0.154. The molecule has 1 N–H and O–H groups in total. The van der Waals surface area contributed by atoms with E-state index in [0.717, 1.165) is 37.8 Å². The zero-order valence-electron chi connectivity index (χ0n) is 13.7. The molecule has 0 spiro atoms. The van der Waals surface area contributed by atoms with Crippen LogP contribution in [0.5, 0.6) is 0 Å². The van der Waals surface area contributed by atoms with Crippen molar-refractivity contribution in [2.45, 2.75) is 71.8 Å². The van der Waals surface area contributed by atoms with Crippen molar-refractivity contribution >= 4 is 0 Å². The van der Waals surface area contributed by atoms with Crippen molar-refractivity contribution in [3.8, 4) is 0 Å². The molecule has 114 valence electrons. The van der Waals surface area contributed by atoms with Gasteiger partial charge >= 0.3 is 0 Å². The fraction of sp³-hybridized carbons (Fsp3) is 0.824. The molecule has 2 unspecified atom stereocenters. The molecule has 0 saturated heterocycles. The molecule has 1 aliphatic carbocycles. The van der Waals surface area contributed by atoms with E-state index in [0.29, 0.717) is 5.92 Å². The third-order valence-electron chi connectivity index (χ3n) is 4.92. The van der Waals surface area contributed by atoms with E-state index in [1.54, 1.807) is 0 Å². The Bertz CT molecular complexity index is 458. The van der Waals surface area contributed by atoms with Crippen LogP contribution in [0.4, 0.5) is 0 Å². The van der Waals surface area contributed by atoms with Gasteiger partial charge in [0, 0.05) is 19.2 Å². The van der Waals surface area contributed by atoms with E-state index < -0.39 is 5.60 Å². The summed E-state index contributed by atoms with van der Waals surface area (Å²) in [4.78, 5) is 0. The molecule has 1 saturated carbocycles. The van der Waals surface area contributed by atoms with Crippen LogP contribution in [0.3, 0.4) is 0 Å². The fourth-order valence-corrected chi connectivity index (χ4v) is 3.90. The molecule has 0 bridgehead atoms. The Morgan fingerprint density at radius 2 is 2.10 bits per heavy atom.